The number of primary amides is 1. The number of hydrogen-bond acceptors (Lipinski definition) is 3. The molecule has 3 atom stereocenters. The van der Waals surface area contributed by atoms with Crippen LogP contribution in [0.1, 0.15) is 33.1 Å². The van der Waals surface area contributed by atoms with Gasteiger partial charge in [-0.2, -0.15) is 0 Å². The molecule has 5 nitrogen and oxygen atoms in total. The number of fused-ring (bicyclic) bond motifs is 2. The maximum absolute atomic E-state index is 12.0. The van der Waals surface area contributed by atoms with Gasteiger partial charge in [0.2, 0.25) is 11.8 Å². The van der Waals surface area contributed by atoms with Gasteiger partial charge in [0, 0.05) is 12.1 Å². The van der Waals surface area contributed by atoms with Crippen LogP contribution in [0.2, 0.25) is 0 Å². The Bertz CT molecular complexity index is 327. The molecule has 0 saturated carbocycles. The van der Waals surface area contributed by atoms with Crippen LogP contribution < -0.4 is 16.4 Å². The average molecular weight is 225 g/mol. The van der Waals surface area contributed by atoms with E-state index in [0.29, 0.717) is 6.04 Å². The number of rotatable bonds is 3. The van der Waals surface area contributed by atoms with Gasteiger partial charge in [0.1, 0.15) is 5.54 Å². The van der Waals surface area contributed by atoms with E-state index in [9.17, 15) is 9.59 Å². The third-order valence-electron chi connectivity index (χ3n) is 3.69. The molecule has 0 radical (unpaired) electrons. The molecule has 90 valence electrons. The van der Waals surface area contributed by atoms with Crippen molar-refractivity contribution in [2.75, 3.05) is 0 Å². The average Bonchev–Trinajstić information content (AvgIpc) is 2.77. The lowest BCUT2D eigenvalue weighted by Crippen LogP contribution is -2.55. The SMILES string of the molecule is CC(C)(NC(=O)C1CC2CCC1N2)C(N)=O. The lowest BCUT2D eigenvalue weighted by molar-refractivity contribution is -0.133. The summed E-state index contributed by atoms with van der Waals surface area (Å²) >= 11 is 0. The van der Waals surface area contributed by atoms with Crippen LogP contribution in [0.4, 0.5) is 0 Å². The number of nitrogens with one attached hydrogen (secondary N) is 2. The normalized spacial score (nSPS) is 32.8. The van der Waals surface area contributed by atoms with Crippen LogP contribution in [0.15, 0.2) is 0 Å². The van der Waals surface area contributed by atoms with Crippen molar-refractivity contribution >= 4 is 11.8 Å². The van der Waals surface area contributed by atoms with E-state index in [1.807, 2.05) is 0 Å². The smallest absolute Gasteiger partial charge is 0.242 e. The highest BCUT2D eigenvalue weighted by Crippen LogP contribution is 2.33. The Labute approximate surface area is 95.1 Å². The molecule has 2 bridgehead atoms. The van der Waals surface area contributed by atoms with Crippen molar-refractivity contribution in [1.82, 2.24) is 10.6 Å². The van der Waals surface area contributed by atoms with Crippen molar-refractivity contribution in [3.05, 3.63) is 0 Å². The fourth-order valence-electron chi connectivity index (χ4n) is 2.58. The molecule has 0 aromatic carbocycles. The van der Waals surface area contributed by atoms with Gasteiger partial charge in [-0.05, 0) is 33.1 Å². The van der Waals surface area contributed by atoms with E-state index < -0.39 is 11.4 Å². The van der Waals surface area contributed by atoms with Crippen LogP contribution in [0.5, 0.6) is 0 Å². The molecule has 0 spiro atoms. The van der Waals surface area contributed by atoms with Gasteiger partial charge in [-0.1, -0.05) is 0 Å². The largest absolute Gasteiger partial charge is 0.368 e. The molecular weight excluding hydrogens is 206 g/mol. The third-order valence-corrected chi connectivity index (χ3v) is 3.69. The van der Waals surface area contributed by atoms with Crippen molar-refractivity contribution < 1.29 is 9.59 Å². The lowest BCUT2D eigenvalue weighted by Gasteiger charge is -2.27. The van der Waals surface area contributed by atoms with Gasteiger partial charge >= 0.3 is 0 Å². The Morgan fingerprint density at radius 2 is 2.06 bits per heavy atom. The Morgan fingerprint density at radius 1 is 1.38 bits per heavy atom. The zero-order valence-corrected chi connectivity index (χ0v) is 9.75. The zero-order chi connectivity index (χ0) is 11.9. The van der Waals surface area contributed by atoms with Crippen LogP contribution in [-0.4, -0.2) is 29.4 Å². The zero-order valence-electron chi connectivity index (χ0n) is 9.75. The fraction of sp³-hybridized carbons (Fsp3) is 0.818. The topological polar surface area (TPSA) is 84.2 Å². The van der Waals surface area contributed by atoms with Crippen molar-refractivity contribution in [1.29, 1.82) is 0 Å². The molecule has 16 heavy (non-hydrogen) atoms. The van der Waals surface area contributed by atoms with Crippen LogP contribution >= 0.6 is 0 Å². The first kappa shape index (κ1) is 11.4. The molecule has 2 rings (SSSR count). The molecule has 5 heteroatoms. The Morgan fingerprint density at radius 3 is 2.50 bits per heavy atom. The van der Waals surface area contributed by atoms with E-state index in [2.05, 4.69) is 10.6 Å². The lowest BCUT2D eigenvalue weighted by atomic mass is 9.87. The monoisotopic (exact) mass is 225 g/mol. The van der Waals surface area contributed by atoms with Crippen LogP contribution in [0.3, 0.4) is 0 Å². The van der Waals surface area contributed by atoms with Gasteiger partial charge in [-0.3, -0.25) is 9.59 Å². The highest BCUT2D eigenvalue weighted by atomic mass is 16.2. The van der Waals surface area contributed by atoms with E-state index >= 15 is 0 Å². The van der Waals surface area contributed by atoms with Crippen LogP contribution in [0, 0.1) is 5.92 Å². The number of nitrogens with two attached hydrogens (primary N) is 1. The number of amides is 2. The van der Waals surface area contributed by atoms with E-state index in [-0.39, 0.29) is 17.9 Å². The van der Waals surface area contributed by atoms with E-state index in [4.69, 9.17) is 5.73 Å². The molecule has 0 aliphatic carbocycles. The van der Waals surface area contributed by atoms with Crippen molar-refractivity contribution in [3.63, 3.8) is 0 Å². The van der Waals surface area contributed by atoms with E-state index in [1.54, 1.807) is 13.8 Å². The summed E-state index contributed by atoms with van der Waals surface area (Å²) in [5.74, 6) is -0.558. The first-order chi connectivity index (χ1) is 7.40. The molecule has 2 fully saturated rings. The molecule has 2 aliphatic heterocycles. The summed E-state index contributed by atoms with van der Waals surface area (Å²) in [7, 11) is 0. The predicted octanol–water partition coefficient (Wildman–Crippen LogP) is -0.493. The summed E-state index contributed by atoms with van der Waals surface area (Å²) in [6.45, 7) is 3.27. The molecule has 0 aromatic rings. The number of carbonyl (C=O) groups excluding carboxylic acids is 2. The number of carbonyl (C=O) groups is 2. The summed E-state index contributed by atoms with van der Waals surface area (Å²) in [6.07, 6.45) is 3.10. The quantitative estimate of drug-likeness (QED) is 0.606. The Balaban J connectivity index is 1.96. The van der Waals surface area contributed by atoms with E-state index in [1.165, 1.54) is 0 Å². The second-order valence-electron chi connectivity index (χ2n) is 5.37. The summed E-state index contributed by atoms with van der Waals surface area (Å²) in [6, 6.07) is 0.770. The highest BCUT2D eigenvalue weighted by molar-refractivity contribution is 5.90. The molecule has 2 heterocycles. The summed E-state index contributed by atoms with van der Waals surface area (Å²) < 4.78 is 0. The van der Waals surface area contributed by atoms with E-state index in [0.717, 1.165) is 19.3 Å². The second-order valence-corrected chi connectivity index (χ2v) is 5.37. The molecule has 0 aromatic heterocycles. The maximum Gasteiger partial charge on any atom is 0.242 e. The number of hydrogen-bond donors (Lipinski definition) is 3. The molecule has 2 amide bonds. The van der Waals surface area contributed by atoms with Gasteiger partial charge in [0.15, 0.2) is 0 Å². The van der Waals surface area contributed by atoms with Gasteiger partial charge in [0.05, 0.1) is 5.92 Å². The second kappa shape index (κ2) is 3.73. The van der Waals surface area contributed by atoms with Crippen molar-refractivity contribution in [2.24, 2.45) is 11.7 Å². The molecular formula is C11H19N3O2. The standard InChI is InChI=1S/C11H19N3O2/c1-11(2,10(12)16)14-9(15)7-5-6-3-4-8(7)13-6/h6-8,13H,3-5H2,1-2H3,(H2,12,16)(H,14,15). The first-order valence-corrected chi connectivity index (χ1v) is 5.78. The Hall–Kier alpha value is -1.10. The molecule has 2 saturated heterocycles. The van der Waals surface area contributed by atoms with Gasteiger partial charge in [-0.25, -0.2) is 0 Å². The van der Waals surface area contributed by atoms with Gasteiger partial charge in [-0.15, -0.1) is 0 Å². The van der Waals surface area contributed by atoms with Crippen LogP contribution in [-0.2, 0) is 9.59 Å². The first-order valence-electron chi connectivity index (χ1n) is 5.78. The minimum atomic E-state index is -0.959. The minimum Gasteiger partial charge on any atom is -0.368 e. The van der Waals surface area contributed by atoms with Gasteiger partial charge < -0.3 is 16.4 Å². The molecule has 2 aliphatic rings. The summed E-state index contributed by atoms with van der Waals surface area (Å²) in [5, 5.41) is 6.13. The maximum atomic E-state index is 12.0. The van der Waals surface area contributed by atoms with Crippen LogP contribution in [0.25, 0.3) is 0 Å². The summed E-state index contributed by atoms with van der Waals surface area (Å²) in [4.78, 5) is 23.1. The Kier molecular flexibility index (Phi) is 2.66. The van der Waals surface area contributed by atoms with Crippen molar-refractivity contribution in [3.8, 4) is 0 Å². The summed E-state index contributed by atoms with van der Waals surface area (Å²) in [5.41, 5.74) is 4.26. The fourth-order valence-corrected chi connectivity index (χ4v) is 2.58. The minimum absolute atomic E-state index is 0.00243. The molecule has 4 N–H and O–H groups in total. The third kappa shape index (κ3) is 1.91. The van der Waals surface area contributed by atoms with Gasteiger partial charge in [0.25, 0.3) is 0 Å². The molecule has 3 unspecified atom stereocenters. The van der Waals surface area contributed by atoms with Crippen molar-refractivity contribution in [2.45, 2.75) is 50.7 Å². The predicted molar refractivity (Wildman–Crippen MR) is 59.5 cm³/mol. The highest BCUT2D eigenvalue weighted by Gasteiger charge is 2.44.